The Kier molecular flexibility index (Phi) is 5.64. The third-order valence-electron chi connectivity index (χ3n) is 4.11. The number of hydrogen-bond donors (Lipinski definition) is 1. The minimum Gasteiger partial charge on any atom is -0.360 e. The van der Waals surface area contributed by atoms with E-state index in [9.17, 15) is 13.2 Å². The van der Waals surface area contributed by atoms with Crippen LogP contribution in [-0.4, -0.2) is 32.6 Å². The molecule has 2 aromatic rings. The van der Waals surface area contributed by atoms with E-state index in [0.29, 0.717) is 5.69 Å². The van der Waals surface area contributed by atoms with E-state index in [1.54, 1.807) is 18.7 Å². The van der Waals surface area contributed by atoms with E-state index in [0.717, 1.165) is 16.8 Å². The summed E-state index contributed by atoms with van der Waals surface area (Å²) < 4.78 is 32.3. The molecule has 0 saturated heterocycles. The molecule has 0 atom stereocenters. The van der Waals surface area contributed by atoms with Gasteiger partial charge in [-0.05, 0) is 44.9 Å². The first-order valence-corrected chi connectivity index (χ1v) is 9.40. The topological polar surface area (TPSA) is 92.5 Å². The van der Waals surface area contributed by atoms with Crippen molar-refractivity contribution in [3.05, 3.63) is 40.8 Å². The number of carbonyl (C=O) groups excluding carboxylic acids is 1. The van der Waals surface area contributed by atoms with E-state index >= 15 is 0 Å². The van der Waals surface area contributed by atoms with Crippen molar-refractivity contribution in [2.45, 2.75) is 39.5 Å². The summed E-state index contributed by atoms with van der Waals surface area (Å²) in [5, 5.41) is 3.66. The summed E-state index contributed by atoms with van der Waals surface area (Å²) in [6, 6.07) is 5.70. The smallest absolute Gasteiger partial charge is 0.246 e. The predicted octanol–water partition coefficient (Wildman–Crippen LogP) is 2.24. The normalized spacial score (nSPS) is 11.6. The number of anilines is 1. The van der Waals surface area contributed by atoms with Gasteiger partial charge in [0.05, 0.1) is 0 Å². The molecular weight excluding hydrogens is 342 g/mol. The minimum atomic E-state index is -3.74. The van der Waals surface area contributed by atoms with Crippen molar-refractivity contribution in [1.29, 1.82) is 0 Å². The molecule has 0 saturated carbocycles. The van der Waals surface area contributed by atoms with Crippen molar-refractivity contribution < 1.29 is 17.7 Å². The maximum Gasteiger partial charge on any atom is 0.246 e. The number of nitrogens with zero attached hydrogens (tertiary/aromatic N) is 2. The lowest BCUT2D eigenvalue weighted by atomic mass is 10.1. The molecule has 8 heteroatoms. The Hall–Kier alpha value is -2.19. The van der Waals surface area contributed by atoms with Crippen LogP contribution in [0.25, 0.3) is 0 Å². The molecule has 7 nitrogen and oxygen atoms in total. The lowest BCUT2D eigenvalue weighted by molar-refractivity contribution is -0.116. The summed E-state index contributed by atoms with van der Waals surface area (Å²) in [5.74, 6) is 0.0909. The predicted molar refractivity (Wildman–Crippen MR) is 95.1 cm³/mol. The number of aromatic nitrogens is 1. The van der Waals surface area contributed by atoms with Crippen LogP contribution in [0.15, 0.2) is 27.6 Å². The quantitative estimate of drug-likeness (QED) is 0.847. The van der Waals surface area contributed by atoms with Crippen LogP contribution in [0.5, 0.6) is 0 Å². The molecule has 136 valence electrons. The number of benzene rings is 1. The van der Waals surface area contributed by atoms with Crippen LogP contribution < -0.4 is 9.62 Å². The molecule has 1 heterocycles. The summed E-state index contributed by atoms with van der Waals surface area (Å²) in [6.07, 6.45) is 0. The molecule has 1 aromatic carbocycles. The number of aryl methyl sites for hydroxylation is 3. The van der Waals surface area contributed by atoms with Crippen molar-refractivity contribution in [1.82, 2.24) is 9.88 Å². The number of nitrogens with one attached hydrogen (secondary N) is 1. The number of sulfonamides is 1. The van der Waals surface area contributed by atoms with Gasteiger partial charge in [-0.15, -0.1) is 0 Å². The van der Waals surface area contributed by atoms with Crippen molar-refractivity contribution in [2.75, 3.05) is 18.0 Å². The average molecular weight is 365 g/mol. The molecular formula is C17H23N3O4S. The molecule has 0 aliphatic heterocycles. The largest absolute Gasteiger partial charge is 0.360 e. The Bertz CT molecular complexity index is 868. The molecule has 0 aliphatic rings. The Morgan fingerprint density at radius 1 is 1.24 bits per heavy atom. The van der Waals surface area contributed by atoms with Gasteiger partial charge in [0.1, 0.15) is 10.6 Å². The van der Waals surface area contributed by atoms with Gasteiger partial charge < -0.3 is 9.42 Å². The second-order valence-electron chi connectivity index (χ2n) is 5.94. The van der Waals surface area contributed by atoms with Crippen LogP contribution in [-0.2, 0) is 14.8 Å². The van der Waals surface area contributed by atoms with Gasteiger partial charge in [0, 0.05) is 25.7 Å². The van der Waals surface area contributed by atoms with Gasteiger partial charge in [-0.1, -0.05) is 17.3 Å². The highest BCUT2D eigenvalue weighted by Crippen LogP contribution is 2.23. The van der Waals surface area contributed by atoms with Gasteiger partial charge in [-0.25, -0.2) is 13.1 Å². The van der Waals surface area contributed by atoms with E-state index in [-0.39, 0.29) is 29.7 Å². The molecule has 25 heavy (non-hydrogen) atoms. The maximum atomic E-state index is 12.4. The van der Waals surface area contributed by atoms with Crippen LogP contribution >= 0.6 is 0 Å². The zero-order valence-corrected chi connectivity index (χ0v) is 15.9. The standard InChI is InChI=1S/C17H23N3O4S/c1-11-7-6-8-16(12(11)2)20(15(5)21)10-9-18-25(22,23)17-13(3)19-24-14(17)4/h6-8,18H,9-10H2,1-5H3. The molecule has 1 amide bonds. The van der Waals surface area contributed by atoms with Crippen LogP contribution in [0, 0.1) is 27.7 Å². The van der Waals surface area contributed by atoms with Crippen LogP contribution in [0.3, 0.4) is 0 Å². The van der Waals surface area contributed by atoms with E-state index in [1.807, 2.05) is 32.0 Å². The molecule has 0 bridgehead atoms. The molecule has 0 spiro atoms. The van der Waals surface area contributed by atoms with Crippen molar-refractivity contribution in [2.24, 2.45) is 0 Å². The molecule has 0 radical (unpaired) electrons. The lowest BCUT2D eigenvalue weighted by Crippen LogP contribution is -2.38. The Labute approximate surface area is 148 Å². The van der Waals surface area contributed by atoms with E-state index in [4.69, 9.17) is 4.52 Å². The summed E-state index contributed by atoms with van der Waals surface area (Å²) in [7, 11) is -3.74. The van der Waals surface area contributed by atoms with Crippen molar-refractivity contribution >= 4 is 21.6 Å². The first kappa shape index (κ1) is 19.1. The zero-order chi connectivity index (χ0) is 18.8. The fourth-order valence-corrected chi connectivity index (χ4v) is 4.04. The van der Waals surface area contributed by atoms with Gasteiger partial charge in [-0.2, -0.15) is 0 Å². The van der Waals surface area contributed by atoms with Gasteiger partial charge in [0.15, 0.2) is 5.76 Å². The van der Waals surface area contributed by atoms with Crippen molar-refractivity contribution in [3.63, 3.8) is 0 Å². The molecule has 1 N–H and O–H groups in total. The highest BCUT2D eigenvalue weighted by molar-refractivity contribution is 7.89. The van der Waals surface area contributed by atoms with Crippen LogP contribution in [0.4, 0.5) is 5.69 Å². The molecule has 0 unspecified atom stereocenters. The highest BCUT2D eigenvalue weighted by Gasteiger charge is 2.24. The average Bonchev–Trinajstić information content (AvgIpc) is 2.86. The number of carbonyl (C=O) groups is 1. The zero-order valence-electron chi connectivity index (χ0n) is 15.1. The van der Waals surface area contributed by atoms with Crippen molar-refractivity contribution in [3.8, 4) is 0 Å². The SMILES string of the molecule is CC(=O)N(CCNS(=O)(=O)c1c(C)noc1C)c1cccc(C)c1C. The monoisotopic (exact) mass is 365 g/mol. The molecule has 2 rings (SSSR count). The van der Waals surface area contributed by atoms with Gasteiger partial charge in [0.25, 0.3) is 0 Å². The summed E-state index contributed by atoms with van der Waals surface area (Å²) in [6.45, 7) is 8.80. The van der Waals surface area contributed by atoms with Gasteiger partial charge in [0.2, 0.25) is 15.9 Å². The maximum absolute atomic E-state index is 12.4. The second-order valence-corrected chi connectivity index (χ2v) is 7.64. The summed E-state index contributed by atoms with van der Waals surface area (Å²) in [5.41, 5.74) is 3.15. The van der Waals surface area contributed by atoms with Crippen LogP contribution in [0.1, 0.15) is 29.5 Å². The van der Waals surface area contributed by atoms with E-state index < -0.39 is 10.0 Å². The third kappa shape index (κ3) is 4.08. The first-order chi connectivity index (χ1) is 11.6. The third-order valence-corrected chi connectivity index (χ3v) is 5.82. The molecule has 0 aliphatic carbocycles. The Morgan fingerprint density at radius 3 is 2.48 bits per heavy atom. The first-order valence-electron chi connectivity index (χ1n) is 7.92. The van der Waals surface area contributed by atoms with Crippen LogP contribution in [0.2, 0.25) is 0 Å². The number of rotatable bonds is 6. The molecule has 0 fully saturated rings. The van der Waals surface area contributed by atoms with E-state index in [2.05, 4.69) is 9.88 Å². The molecule has 1 aromatic heterocycles. The Balaban J connectivity index is 2.15. The fourth-order valence-electron chi connectivity index (χ4n) is 2.70. The summed E-state index contributed by atoms with van der Waals surface area (Å²) >= 11 is 0. The number of hydrogen-bond acceptors (Lipinski definition) is 5. The van der Waals surface area contributed by atoms with Gasteiger partial charge >= 0.3 is 0 Å². The second kappa shape index (κ2) is 7.37. The van der Waals surface area contributed by atoms with Gasteiger partial charge in [-0.3, -0.25) is 4.79 Å². The van der Waals surface area contributed by atoms with E-state index in [1.165, 1.54) is 6.92 Å². The highest BCUT2D eigenvalue weighted by atomic mass is 32.2. The fraction of sp³-hybridized carbons (Fsp3) is 0.412. The Morgan fingerprint density at radius 2 is 1.92 bits per heavy atom. The lowest BCUT2D eigenvalue weighted by Gasteiger charge is -2.24. The summed E-state index contributed by atoms with van der Waals surface area (Å²) in [4.78, 5) is 13.6. The number of amides is 1. The minimum absolute atomic E-state index is 0.0496.